The zero-order valence-corrected chi connectivity index (χ0v) is 31.4. The highest BCUT2D eigenvalue weighted by Crippen LogP contribution is 2.77. The van der Waals surface area contributed by atoms with Gasteiger partial charge in [0.2, 0.25) is 0 Å². The Balaban J connectivity index is 1.29. The molecule has 0 aromatic carbocycles. The van der Waals surface area contributed by atoms with Crippen LogP contribution >= 0.6 is 0 Å². The fourth-order valence-corrected chi connectivity index (χ4v) is 10.0. The molecule has 0 unspecified atom stereocenters. The van der Waals surface area contributed by atoms with Crippen molar-refractivity contribution >= 4 is 18.0 Å². The summed E-state index contributed by atoms with van der Waals surface area (Å²) in [5.74, 6) is -3.75. The van der Waals surface area contributed by atoms with E-state index in [0.717, 1.165) is 19.3 Å². The normalized spacial score (nSPS) is 33.7. The number of hydrogen-bond acceptors (Lipinski definition) is 8. The van der Waals surface area contributed by atoms with Crippen LogP contribution in [-0.4, -0.2) is 69.3 Å². The second-order valence-electron chi connectivity index (χ2n) is 16.4. The average molecular weight is 703 g/mol. The standard InChI is InChI=1S/C40H66N2O8/c1-6-7-8-9-10-11-12-13-14-15-16-17-18-19-20-21-22-42-36(46)49-34-28(3)39(48)30(32-37(4,5)40(32,34)50-35(41)45)24-29(26-43)25-38(47)31(39)23-27(2)33(38)44/h23-24,28,30-32,34,43,47-48H,6-22,25-26H2,1-5H3,(H2,41,45)(H,42,46)/t28-,30+,31-,32+,34-,38-,39-,40-/m1/s1. The third-order valence-corrected chi connectivity index (χ3v) is 12.8. The van der Waals surface area contributed by atoms with Crippen molar-refractivity contribution in [3.05, 3.63) is 23.3 Å². The summed E-state index contributed by atoms with van der Waals surface area (Å²) in [4.78, 5) is 39.0. The molecule has 4 aliphatic rings. The van der Waals surface area contributed by atoms with Crippen LogP contribution in [0.1, 0.15) is 144 Å². The molecule has 10 heteroatoms. The first-order chi connectivity index (χ1) is 23.7. The predicted molar refractivity (Wildman–Crippen MR) is 193 cm³/mol. The number of nitrogens with two attached hydrogens (primary N) is 1. The van der Waals surface area contributed by atoms with E-state index >= 15 is 0 Å². The van der Waals surface area contributed by atoms with E-state index < -0.39 is 76.6 Å². The van der Waals surface area contributed by atoms with E-state index in [1.165, 1.54) is 83.5 Å². The quantitative estimate of drug-likeness (QED) is 0.0666. The van der Waals surface area contributed by atoms with E-state index in [1.54, 1.807) is 26.0 Å². The zero-order chi connectivity index (χ0) is 36.7. The van der Waals surface area contributed by atoms with Gasteiger partial charge in [-0.1, -0.05) is 136 Å². The lowest BCUT2D eigenvalue weighted by molar-refractivity contribution is -0.208. The van der Waals surface area contributed by atoms with E-state index in [4.69, 9.17) is 15.2 Å². The minimum atomic E-state index is -1.97. The molecule has 0 spiro atoms. The van der Waals surface area contributed by atoms with Crippen LogP contribution in [0.5, 0.6) is 0 Å². The first-order valence-electron chi connectivity index (χ1n) is 19.6. The number of aliphatic hydroxyl groups excluding tert-OH is 1. The second kappa shape index (κ2) is 16.9. The van der Waals surface area contributed by atoms with Crippen molar-refractivity contribution in [1.29, 1.82) is 0 Å². The monoisotopic (exact) mass is 702 g/mol. The van der Waals surface area contributed by atoms with Gasteiger partial charge in [-0.05, 0) is 24.5 Å². The molecule has 0 aromatic rings. The highest BCUT2D eigenvalue weighted by molar-refractivity contribution is 6.04. The second-order valence-corrected chi connectivity index (χ2v) is 16.4. The summed E-state index contributed by atoms with van der Waals surface area (Å²) in [5, 5.41) is 37.7. The van der Waals surface area contributed by atoms with Crippen molar-refractivity contribution in [2.75, 3.05) is 13.2 Å². The molecular weight excluding hydrogens is 636 g/mol. The van der Waals surface area contributed by atoms with E-state index in [0.29, 0.717) is 17.7 Å². The number of primary amides is 1. The average Bonchev–Trinajstić information content (AvgIpc) is 3.49. The molecule has 0 saturated heterocycles. The number of nitrogens with one attached hydrogen (secondary N) is 1. The van der Waals surface area contributed by atoms with Crippen LogP contribution in [0, 0.1) is 29.1 Å². The van der Waals surface area contributed by atoms with Crippen LogP contribution in [0.4, 0.5) is 9.59 Å². The molecule has 4 rings (SSSR count). The molecule has 0 bridgehead atoms. The van der Waals surface area contributed by atoms with Crippen LogP contribution in [0.15, 0.2) is 23.3 Å². The van der Waals surface area contributed by atoms with Crippen LogP contribution in [0.2, 0.25) is 0 Å². The number of unbranched alkanes of at least 4 members (excludes halogenated alkanes) is 15. The fraction of sp³-hybridized carbons (Fsp3) is 0.825. The Bertz CT molecular complexity index is 1260. The molecule has 6 N–H and O–H groups in total. The predicted octanol–water partition coefficient (Wildman–Crippen LogP) is 7.03. The summed E-state index contributed by atoms with van der Waals surface area (Å²) in [6, 6.07) is 0. The van der Waals surface area contributed by atoms with E-state index in [9.17, 15) is 29.7 Å². The lowest BCUT2D eigenvalue weighted by Gasteiger charge is -2.52. The third kappa shape index (κ3) is 7.82. The van der Waals surface area contributed by atoms with Crippen LogP contribution < -0.4 is 11.1 Å². The lowest BCUT2D eigenvalue weighted by atomic mass is 9.59. The largest absolute Gasteiger partial charge is 0.442 e. The summed E-state index contributed by atoms with van der Waals surface area (Å²) in [6.45, 7) is 9.30. The highest BCUT2D eigenvalue weighted by atomic mass is 16.6. The van der Waals surface area contributed by atoms with Crippen molar-refractivity contribution in [3.63, 3.8) is 0 Å². The zero-order valence-electron chi connectivity index (χ0n) is 31.4. The number of ether oxygens (including phenoxy) is 2. The number of carbonyl (C=O) groups excluding carboxylic acids is 3. The molecule has 8 atom stereocenters. The molecule has 2 fully saturated rings. The molecular formula is C40H66N2O8. The number of ketones is 1. The van der Waals surface area contributed by atoms with Crippen molar-refractivity contribution in [2.45, 2.75) is 167 Å². The maximum Gasteiger partial charge on any atom is 0.407 e. The molecule has 0 aromatic heterocycles. The summed E-state index contributed by atoms with van der Waals surface area (Å²) >= 11 is 0. The van der Waals surface area contributed by atoms with Gasteiger partial charge in [-0.2, -0.15) is 0 Å². The van der Waals surface area contributed by atoms with E-state index in [1.807, 2.05) is 13.8 Å². The maximum absolute atomic E-state index is 13.3. The van der Waals surface area contributed by atoms with Crippen molar-refractivity contribution < 1.29 is 39.2 Å². The van der Waals surface area contributed by atoms with Gasteiger partial charge in [0, 0.05) is 42.1 Å². The molecule has 4 aliphatic carbocycles. The molecule has 284 valence electrons. The summed E-state index contributed by atoms with van der Waals surface area (Å²) in [7, 11) is 0. The number of alkyl carbamates (subject to hydrolysis) is 1. The summed E-state index contributed by atoms with van der Waals surface area (Å²) in [5.41, 5.74) is 0.426. The van der Waals surface area contributed by atoms with Gasteiger partial charge in [0.15, 0.2) is 11.4 Å². The Morgan fingerprint density at radius 3 is 1.92 bits per heavy atom. The number of amides is 2. The topological polar surface area (TPSA) is 168 Å². The molecule has 0 heterocycles. The van der Waals surface area contributed by atoms with Crippen molar-refractivity contribution in [3.8, 4) is 0 Å². The fourth-order valence-electron chi connectivity index (χ4n) is 10.0. The Hall–Kier alpha value is -2.43. The van der Waals surface area contributed by atoms with E-state index in [2.05, 4.69) is 12.2 Å². The van der Waals surface area contributed by atoms with Crippen molar-refractivity contribution in [2.24, 2.45) is 34.8 Å². The molecule has 10 nitrogen and oxygen atoms in total. The number of carbonyl (C=O) groups is 3. The van der Waals surface area contributed by atoms with Gasteiger partial charge in [0.25, 0.3) is 0 Å². The molecule has 2 amide bonds. The maximum atomic E-state index is 13.3. The Kier molecular flexibility index (Phi) is 13.7. The first kappa shape index (κ1) is 40.3. The molecule has 0 aliphatic heterocycles. The Labute approximate surface area is 300 Å². The number of hydrogen-bond donors (Lipinski definition) is 5. The molecule has 0 radical (unpaired) electrons. The number of aliphatic hydroxyl groups is 3. The SMILES string of the molecule is CCCCCCCCCCCCCCCCCCNC(=O)O[C@@H]1[C@@H](C)[C@@]2(O)[C@@H](C=C(CO)C[C@]3(O)C(=O)C(C)=C[C@@H]23)[C@H]2C(C)(C)[C@]12OC(N)=O. The van der Waals surface area contributed by atoms with Gasteiger partial charge in [0.05, 0.1) is 12.2 Å². The number of Topliss-reactive ketones (excluding diaryl/α,β-unsaturated/α-hetero) is 1. The third-order valence-electron chi connectivity index (χ3n) is 12.8. The smallest absolute Gasteiger partial charge is 0.407 e. The van der Waals surface area contributed by atoms with E-state index in [-0.39, 0.29) is 6.42 Å². The van der Waals surface area contributed by atoms with Crippen LogP contribution in [-0.2, 0) is 14.3 Å². The minimum absolute atomic E-state index is 0.144. The minimum Gasteiger partial charge on any atom is -0.442 e. The van der Waals surface area contributed by atoms with Gasteiger partial charge in [-0.3, -0.25) is 4.79 Å². The number of rotatable bonds is 20. The Morgan fingerprint density at radius 1 is 0.900 bits per heavy atom. The summed E-state index contributed by atoms with van der Waals surface area (Å²) < 4.78 is 11.9. The van der Waals surface area contributed by atoms with Gasteiger partial charge < -0.3 is 35.8 Å². The number of fused-ring (bicyclic) bond motifs is 5. The molecule has 50 heavy (non-hydrogen) atoms. The van der Waals surface area contributed by atoms with Crippen LogP contribution in [0.25, 0.3) is 0 Å². The molecule has 2 saturated carbocycles. The van der Waals surface area contributed by atoms with Crippen LogP contribution in [0.3, 0.4) is 0 Å². The Morgan fingerprint density at radius 2 is 1.42 bits per heavy atom. The first-order valence-corrected chi connectivity index (χ1v) is 19.6. The van der Waals surface area contributed by atoms with Gasteiger partial charge >= 0.3 is 12.2 Å². The van der Waals surface area contributed by atoms with Gasteiger partial charge in [-0.25, -0.2) is 9.59 Å². The van der Waals surface area contributed by atoms with Crippen molar-refractivity contribution in [1.82, 2.24) is 5.32 Å². The summed E-state index contributed by atoms with van der Waals surface area (Å²) in [6.07, 6.45) is 20.5. The highest BCUT2D eigenvalue weighted by Gasteiger charge is 2.88. The van der Waals surface area contributed by atoms with Gasteiger partial charge in [-0.15, -0.1) is 0 Å². The lowest BCUT2D eigenvalue weighted by Crippen LogP contribution is -2.66. The van der Waals surface area contributed by atoms with Gasteiger partial charge in [0.1, 0.15) is 11.7 Å².